The lowest BCUT2D eigenvalue weighted by molar-refractivity contribution is 0.141. The minimum atomic E-state index is -1.79. The van der Waals surface area contributed by atoms with Crippen LogP contribution in [0.4, 0.5) is 0 Å². The van der Waals surface area contributed by atoms with Crippen LogP contribution in [0.1, 0.15) is 12.5 Å². The Hall–Kier alpha value is -1.63. The Morgan fingerprint density at radius 2 is 1.68 bits per heavy atom. The highest BCUT2D eigenvalue weighted by atomic mass is 28.4. The predicted molar refractivity (Wildman–Crippen MR) is 81.3 cm³/mol. The van der Waals surface area contributed by atoms with Gasteiger partial charge in [-0.15, -0.1) is 0 Å². The van der Waals surface area contributed by atoms with Crippen molar-refractivity contribution in [1.82, 2.24) is 0 Å². The summed E-state index contributed by atoms with van der Waals surface area (Å²) in [6.07, 6.45) is 0. The van der Waals surface area contributed by atoms with E-state index >= 15 is 0 Å². The summed E-state index contributed by atoms with van der Waals surface area (Å²) in [6, 6.07) is 16.6. The van der Waals surface area contributed by atoms with E-state index in [4.69, 9.17) is 4.43 Å². The maximum Gasteiger partial charge on any atom is 0.186 e. The topological polar surface area (TPSA) is 33.0 Å². The van der Waals surface area contributed by atoms with Crippen LogP contribution in [0.25, 0.3) is 10.8 Å². The SMILES string of the molecule is C[C@@](C#N)(O[Si](C)(C)C)c1ccc2ccccc2c1. The van der Waals surface area contributed by atoms with Gasteiger partial charge in [0.25, 0.3) is 0 Å². The van der Waals surface area contributed by atoms with Crippen molar-refractivity contribution in [2.24, 2.45) is 0 Å². The fraction of sp³-hybridized carbons (Fsp3) is 0.312. The normalized spacial score (nSPS) is 14.9. The molecule has 98 valence electrons. The van der Waals surface area contributed by atoms with E-state index in [-0.39, 0.29) is 0 Å². The van der Waals surface area contributed by atoms with Crippen LogP contribution in [0.15, 0.2) is 42.5 Å². The molecule has 0 spiro atoms. The number of nitriles is 1. The Kier molecular flexibility index (Phi) is 3.49. The third kappa shape index (κ3) is 3.03. The molecule has 1 atom stereocenters. The summed E-state index contributed by atoms with van der Waals surface area (Å²) < 4.78 is 6.09. The number of fused-ring (bicyclic) bond motifs is 1. The number of nitrogens with zero attached hydrogens (tertiary/aromatic N) is 1. The Balaban J connectivity index is 2.49. The van der Waals surface area contributed by atoms with E-state index in [0.29, 0.717) is 0 Å². The second kappa shape index (κ2) is 4.80. The zero-order valence-electron chi connectivity index (χ0n) is 11.9. The van der Waals surface area contributed by atoms with Gasteiger partial charge in [0.2, 0.25) is 0 Å². The molecular weight excluding hydrogens is 250 g/mol. The Labute approximate surface area is 115 Å². The van der Waals surface area contributed by atoms with Crippen molar-refractivity contribution in [1.29, 1.82) is 5.26 Å². The smallest absolute Gasteiger partial charge is 0.186 e. The van der Waals surface area contributed by atoms with Gasteiger partial charge in [-0.2, -0.15) is 5.26 Å². The van der Waals surface area contributed by atoms with Gasteiger partial charge in [-0.1, -0.05) is 36.4 Å². The molecule has 0 aliphatic carbocycles. The van der Waals surface area contributed by atoms with E-state index in [1.54, 1.807) is 0 Å². The van der Waals surface area contributed by atoms with Gasteiger partial charge in [0.1, 0.15) is 6.07 Å². The molecule has 2 rings (SSSR count). The molecule has 0 amide bonds. The molecule has 19 heavy (non-hydrogen) atoms. The summed E-state index contributed by atoms with van der Waals surface area (Å²) in [5, 5.41) is 11.8. The standard InChI is InChI=1S/C16H19NOSi/c1-16(12-17,18-19(2,3)4)15-10-9-13-7-5-6-8-14(13)11-15/h5-11H,1-4H3/t16-/m0/s1. The van der Waals surface area contributed by atoms with Crippen LogP contribution >= 0.6 is 0 Å². The molecule has 0 saturated carbocycles. The van der Waals surface area contributed by atoms with Crippen molar-refractivity contribution in [3.8, 4) is 6.07 Å². The third-order valence-corrected chi connectivity index (χ3v) is 4.04. The molecule has 3 heteroatoms. The molecule has 0 heterocycles. The van der Waals surface area contributed by atoms with Crippen molar-refractivity contribution in [2.75, 3.05) is 0 Å². The van der Waals surface area contributed by atoms with Gasteiger partial charge in [-0.3, -0.25) is 0 Å². The quantitative estimate of drug-likeness (QED) is 0.772. The average molecular weight is 269 g/mol. The minimum absolute atomic E-state index is 0.867. The van der Waals surface area contributed by atoms with E-state index in [1.165, 1.54) is 5.39 Å². The molecule has 0 radical (unpaired) electrons. The van der Waals surface area contributed by atoms with Crippen molar-refractivity contribution >= 4 is 19.1 Å². The van der Waals surface area contributed by atoms with Crippen LogP contribution in [0, 0.1) is 11.3 Å². The Morgan fingerprint density at radius 3 is 2.26 bits per heavy atom. The first-order valence-electron chi connectivity index (χ1n) is 6.45. The number of hydrogen-bond donors (Lipinski definition) is 0. The summed E-state index contributed by atoms with van der Waals surface area (Å²) in [5.41, 5.74) is 0.0604. The van der Waals surface area contributed by atoms with Crippen molar-refractivity contribution < 1.29 is 4.43 Å². The zero-order chi connectivity index (χ0) is 14.1. The number of hydrogen-bond acceptors (Lipinski definition) is 2. The lowest BCUT2D eigenvalue weighted by atomic mass is 9.95. The van der Waals surface area contributed by atoms with Crippen LogP contribution in [0.2, 0.25) is 19.6 Å². The Morgan fingerprint density at radius 1 is 1.05 bits per heavy atom. The summed E-state index contributed by atoms with van der Waals surface area (Å²) in [6.45, 7) is 8.16. The van der Waals surface area contributed by atoms with Crippen LogP contribution < -0.4 is 0 Å². The molecule has 2 aromatic carbocycles. The first-order valence-corrected chi connectivity index (χ1v) is 9.86. The predicted octanol–water partition coefficient (Wildman–Crippen LogP) is 4.43. The molecule has 0 aromatic heterocycles. The van der Waals surface area contributed by atoms with E-state index in [9.17, 15) is 5.26 Å². The highest BCUT2D eigenvalue weighted by Crippen LogP contribution is 2.30. The van der Waals surface area contributed by atoms with Gasteiger partial charge >= 0.3 is 0 Å². The summed E-state index contributed by atoms with van der Waals surface area (Å²) in [4.78, 5) is 0. The molecule has 0 fully saturated rings. The monoisotopic (exact) mass is 269 g/mol. The largest absolute Gasteiger partial charge is 0.397 e. The molecule has 0 aliphatic heterocycles. The molecule has 0 unspecified atom stereocenters. The van der Waals surface area contributed by atoms with Gasteiger partial charge in [0.15, 0.2) is 13.9 Å². The zero-order valence-corrected chi connectivity index (χ0v) is 12.9. The molecule has 0 saturated heterocycles. The second-order valence-electron chi connectivity index (χ2n) is 5.92. The van der Waals surface area contributed by atoms with Crippen molar-refractivity contribution in [3.05, 3.63) is 48.0 Å². The Bertz CT molecular complexity index is 639. The van der Waals surface area contributed by atoms with Gasteiger partial charge in [-0.25, -0.2) is 0 Å². The lowest BCUT2D eigenvalue weighted by Crippen LogP contribution is -2.37. The molecular formula is C16H19NOSi. The minimum Gasteiger partial charge on any atom is -0.397 e. The molecule has 0 N–H and O–H groups in total. The van der Waals surface area contributed by atoms with Gasteiger partial charge in [0.05, 0.1) is 0 Å². The summed E-state index contributed by atoms with van der Waals surface area (Å²) in [5.74, 6) is 0. The van der Waals surface area contributed by atoms with Crippen molar-refractivity contribution in [2.45, 2.75) is 32.2 Å². The van der Waals surface area contributed by atoms with Crippen LogP contribution in [-0.2, 0) is 10.0 Å². The van der Waals surface area contributed by atoms with Crippen molar-refractivity contribution in [3.63, 3.8) is 0 Å². The van der Waals surface area contributed by atoms with Gasteiger partial charge < -0.3 is 4.43 Å². The number of rotatable bonds is 3. The summed E-state index contributed by atoms with van der Waals surface area (Å²) >= 11 is 0. The fourth-order valence-electron chi connectivity index (χ4n) is 2.24. The highest BCUT2D eigenvalue weighted by Gasteiger charge is 2.33. The third-order valence-electron chi connectivity index (χ3n) is 3.02. The molecule has 2 aromatic rings. The molecule has 0 bridgehead atoms. The van der Waals surface area contributed by atoms with Gasteiger partial charge in [0, 0.05) is 0 Å². The first kappa shape index (κ1) is 13.8. The second-order valence-corrected chi connectivity index (χ2v) is 10.4. The lowest BCUT2D eigenvalue weighted by Gasteiger charge is -2.31. The fourth-order valence-corrected chi connectivity index (χ4v) is 3.63. The molecule has 2 nitrogen and oxygen atoms in total. The maximum atomic E-state index is 9.52. The van der Waals surface area contributed by atoms with Crippen LogP contribution in [-0.4, -0.2) is 8.32 Å². The van der Waals surface area contributed by atoms with E-state index in [2.05, 4.69) is 43.9 Å². The van der Waals surface area contributed by atoms with E-state index in [0.717, 1.165) is 10.9 Å². The molecule has 0 aliphatic rings. The van der Waals surface area contributed by atoms with Gasteiger partial charge in [-0.05, 0) is 49.0 Å². The van der Waals surface area contributed by atoms with Crippen LogP contribution in [0.5, 0.6) is 0 Å². The van der Waals surface area contributed by atoms with E-state index in [1.807, 2.05) is 31.2 Å². The summed E-state index contributed by atoms with van der Waals surface area (Å²) in [7, 11) is -1.79. The first-order chi connectivity index (χ1) is 8.84. The highest BCUT2D eigenvalue weighted by molar-refractivity contribution is 6.69. The average Bonchev–Trinajstić information content (AvgIpc) is 2.36. The maximum absolute atomic E-state index is 9.52. The van der Waals surface area contributed by atoms with Crippen LogP contribution in [0.3, 0.4) is 0 Å². The number of benzene rings is 2. The van der Waals surface area contributed by atoms with E-state index < -0.39 is 13.9 Å².